The van der Waals surface area contributed by atoms with Crippen LogP contribution in [0.1, 0.15) is 31.4 Å². The zero-order chi connectivity index (χ0) is 18.4. The molecule has 1 aliphatic heterocycles. The van der Waals surface area contributed by atoms with Crippen LogP contribution in [0.25, 0.3) is 0 Å². The van der Waals surface area contributed by atoms with E-state index in [-0.39, 0.29) is 11.3 Å². The Balaban J connectivity index is 1.84. The third-order valence-electron chi connectivity index (χ3n) is 4.91. The average Bonchev–Trinajstić information content (AvgIpc) is 2.55. The van der Waals surface area contributed by atoms with Crippen LogP contribution in [0.2, 0.25) is 0 Å². The summed E-state index contributed by atoms with van der Waals surface area (Å²) in [5.74, 6) is 0.0617. The van der Waals surface area contributed by atoms with Gasteiger partial charge in [-0.15, -0.1) is 0 Å². The molecule has 5 nitrogen and oxygen atoms in total. The van der Waals surface area contributed by atoms with Gasteiger partial charge in [0.15, 0.2) is 0 Å². The topological polar surface area (TPSA) is 53.0 Å². The monoisotopic (exact) mass is 348 g/mol. The molecule has 25 heavy (non-hydrogen) atoms. The molecule has 1 atom stereocenters. The Morgan fingerprint density at radius 3 is 2.48 bits per heavy atom. The van der Waals surface area contributed by atoms with E-state index >= 15 is 0 Å². The zero-order valence-corrected chi connectivity index (χ0v) is 16.0. The van der Waals surface area contributed by atoms with Crippen molar-refractivity contribution in [1.29, 1.82) is 0 Å². The fourth-order valence-electron chi connectivity index (χ4n) is 3.18. The van der Waals surface area contributed by atoms with Crippen LogP contribution in [0.15, 0.2) is 24.3 Å². The molecule has 1 amide bonds. The van der Waals surface area contributed by atoms with Gasteiger partial charge in [-0.05, 0) is 17.9 Å². The minimum absolute atomic E-state index is 0.0617. The third kappa shape index (κ3) is 6.10. The number of nitrogens with zero attached hydrogens (tertiary/aromatic N) is 2. The van der Waals surface area contributed by atoms with Crippen LogP contribution in [0.4, 0.5) is 0 Å². The zero-order valence-electron chi connectivity index (χ0n) is 16.0. The molecule has 140 valence electrons. The van der Waals surface area contributed by atoms with E-state index in [0.29, 0.717) is 32.7 Å². The van der Waals surface area contributed by atoms with E-state index < -0.39 is 6.10 Å². The van der Waals surface area contributed by atoms with Crippen molar-refractivity contribution in [2.24, 2.45) is 0 Å². The Morgan fingerprint density at radius 2 is 1.88 bits per heavy atom. The first-order valence-electron chi connectivity index (χ1n) is 9.07. The van der Waals surface area contributed by atoms with Gasteiger partial charge in [0.05, 0.1) is 19.3 Å². The number of ether oxygens (including phenoxy) is 1. The summed E-state index contributed by atoms with van der Waals surface area (Å²) in [5, 5.41) is 10.3. The number of carbonyl (C=O) groups excluding carboxylic acids is 1. The first-order chi connectivity index (χ1) is 11.8. The molecule has 0 aliphatic carbocycles. The molecular weight excluding hydrogens is 316 g/mol. The highest BCUT2D eigenvalue weighted by atomic mass is 16.5. The molecule has 1 aliphatic rings. The van der Waals surface area contributed by atoms with Crippen molar-refractivity contribution >= 4 is 5.91 Å². The van der Waals surface area contributed by atoms with Crippen molar-refractivity contribution in [2.75, 3.05) is 46.4 Å². The van der Waals surface area contributed by atoms with Crippen LogP contribution in [-0.4, -0.2) is 73.4 Å². The van der Waals surface area contributed by atoms with Gasteiger partial charge in [0.25, 0.3) is 0 Å². The number of aliphatic hydroxyl groups is 1. The molecule has 0 saturated carbocycles. The van der Waals surface area contributed by atoms with Gasteiger partial charge < -0.3 is 14.7 Å². The molecule has 0 aromatic heterocycles. The molecule has 1 saturated heterocycles. The van der Waals surface area contributed by atoms with Crippen LogP contribution in [0.3, 0.4) is 0 Å². The summed E-state index contributed by atoms with van der Waals surface area (Å²) < 4.78 is 5.32. The van der Waals surface area contributed by atoms with Crippen LogP contribution < -0.4 is 0 Å². The summed E-state index contributed by atoms with van der Waals surface area (Å²) in [5.41, 5.74) is 2.15. The highest BCUT2D eigenvalue weighted by Crippen LogP contribution is 2.28. The van der Waals surface area contributed by atoms with Crippen LogP contribution in [0.5, 0.6) is 0 Å². The highest BCUT2D eigenvalue weighted by molar-refractivity contribution is 5.77. The maximum absolute atomic E-state index is 12.6. The second kappa shape index (κ2) is 8.79. The Hall–Kier alpha value is -1.43. The van der Waals surface area contributed by atoms with Gasteiger partial charge in [-0.1, -0.05) is 43.7 Å². The fraction of sp³-hybridized carbons (Fsp3) is 0.650. The molecule has 0 spiro atoms. The SMILES string of the molecule is Cc1ccc(C(C)(C)CC(=O)N(C)CC(O)CN2CCOCC2)cc1. The molecule has 2 rings (SSSR count). The normalized spacial score (nSPS) is 17.3. The number of rotatable bonds is 7. The molecule has 0 radical (unpaired) electrons. The van der Waals surface area contributed by atoms with Crippen molar-refractivity contribution in [3.63, 3.8) is 0 Å². The number of aryl methyl sites for hydroxylation is 1. The maximum atomic E-state index is 12.6. The van der Waals surface area contributed by atoms with E-state index in [1.54, 1.807) is 11.9 Å². The lowest BCUT2D eigenvalue weighted by molar-refractivity contribution is -0.132. The van der Waals surface area contributed by atoms with Crippen LogP contribution >= 0.6 is 0 Å². The van der Waals surface area contributed by atoms with Gasteiger partial charge in [0, 0.05) is 39.6 Å². The highest BCUT2D eigenvalue weighted by Gasteiger charge is 2.27. The Bertz CT molecular complexity index is 551. The number of benzene rings is 1. The van der Waals surface area contributed by atoms with E-state index in [9.17, 15) is 9.90 Å². The number of likely N-dealkylation sites (N-methyl/N-ethyl adjacent to an activating group) is 1. The lowest BCUT2D eigenvalue weighted by Crippen LogP contribution is -2.45. The summed E-state index contributed by atoms with van der Waals surface area (Å²) in [6.45, 7) is 10.3. The summed E-state index contributed by atoms with van der Waals surface area (Å²) in [6.07, 6.45) is -0.105. The molecule has 1 aromatic rings. The quantitative estimate of drug-likeness (QED) is 0.817. The van der Waals surface area contributed by atoms with Gasteiger partial charge in [-0.25, -0.2) is 0 Å². The van der Waals surface area contributed by atoms with Gasteiger partial charge in [0.2, 0.25) is 5.91 Å². The predicted molar refractivity (Wildman–Crippen MR) is 99.7 cm³/mol. The minimum atomic E-state index is -0.533. The van der Waals surface area contributed by atoms with E-state index in [1.165, 1.54) is 5.56 Å². The van der Waals surface area contributed by atoms with Crippen molar-refractivity contribution in [3.8, 4) is 0 Å². The number of hydrogen-bond donors (Lipinski definition) is 1. The van der Waals surface area contributed by atoms with Crippen LogP contribution in [0, 0.1) is 6.92 Å². The van der Waals surface area contributed by atoms with Gasteiger partial charge in [0.1, 0.15) is 0 Å². The number of amides is 1. The van der Waals surface area contributed by atoms with Crippen LogP contribution in [-0.2, 0) is 14.9 Å². The molecule has 1 heterocycles. The summed E-state index contributed by atoms with van der Waals surface area (Å²) in [6, 6.07) is 8.35. The molecule has 1 fully saturated rings. The largest absolute Gasteiger partial charge is 0.390 e. The Morgan fingerprint density at radius 1 is 1.28 bits per heavy atom. The maximum Gasteiger partial charge on any atom is 0.223 e. The smallest absolute Gasteiger partial charge is 0.223 e. The van der Waals surface area contributed by atoms with Crippen molar-refractivity contribution in [2.45, 2.75) is 38.7 Å². The summed E-state index contributed by atoms with van der Waals surface area (Å²) in [7, 11) is 1.77. The second-order valence-corrected chi connectivity index (χ2v) is 7.77. The number of β-amino-alcohol motifs (C(OH)–C–C–N with tert-alkyl or cyclic N) is 1. The minimum Gasteiger partial charge on any atom is -0.390 e. The molecular formula is C20H32N2O3. The predicted octanol–water partition coefficient (Wildman–Crippen LogP) is 1.81. The molecule has 1 aromatic carbocycles. The molecule has 1 N–H and O–H groups in total. The fourth-order valence-corrected chi connectivity index (χ4v) is 3.18. The van der Waals surface area contributed by atoms with E-state index in [4.69, 9.17) is 4.74 Å². The van der Waals surface area contributed by atoms with Gasteiger partial charge in [-0.3, -0.25) is 9.69 Å². The Labute approximate surface area is 151 Å². The number of morpholine rings is 1. The van der Waals surface area contributed by atoms with Crippen molar-refractivity contribution in [1.82, 2.24) is 9.80 Å². The van der Waals surface area contributed by atoms with Crippen molar-refractivity contribution in [3.05, 3.63) is 35.4 Å². The van der Waals surface area contributed by atoms with Crippen molar-refractivity contribution < 1.29 is 14.6 Å². The molecule has 1 unspecified atom stereocenters. The van der Waals surface area contributed by atoms with E-state index in [2.05, 4.69) is 49.9 Å². The van der Waals surface area contributed by atoms with Gasteiger partial charge in [-0.2, -0.15) is 0 Å². The third-order valence-corrected chi connectivity index (χ3v) is 4.91. The molecule has 5 heteroatoms. The number of carbonyl (C=O) groups is 1. The lowest BCUT2D eigenvalue weighted by Gasteiger charge is -2.31. The lowest BCUT2D eigenvalue weighted by atomic mass is 9.81. The summed E-state index contributed by atoms with van der Waals surface area (Å²) in [4.78, 5) is 16.4. The second-order valence-electron chi connectivity index (χ2n) is 7.77. The Kier molecular flexibility index (Phi) is 6.99. The standard InChI is InChI=1S/C20H32N2O3/c1-16-5-7-17(8-6-16)20(2,3)13-19(24)21(4)14-18(23)15-22-9-11-25-12-10-22/h5-8,18,23H,9-15H2,1-4H3. The van der Waals surface area contributed by atoms with E-state index in [1.807, 2.05) is 0 Å². The number of hydrogen-bond acceptors (Lipinski definition) is 4. The first-order valence-corrected chi connectivity index (χ1v) is 9.07. The number of aliphatic hydroxyl groups excluding tert-OH is 1. The first kappa shape index (κ1) is 19.9. The van der Waals surface area contributed by atoms with E-state index in [0.717, 1.165) is 18.7 Å². The summed E-state index contributed by atoms with van der Waals surface area (Å²) >= 11 is 0. The molecule has 0 bridgehead atoms. The van der Waals surface area contributed by atoms with Gasteiger partial charge >= 0.3 is 0 Å². The average molecular weight is 348 g/mol.